The lowest BCUT2D eigenvalue weighted by atomic mass is 9.91. The van der Waals surface area contributed by atoms with Crippen molar-refractivity contribution in [2.24, 2.45) is 5.92 Å². The molecule has 380 valence electrons. The summed E-state index contributed by atoms with van der Waals surface area (Å²) in [5.74, 6) is -0.350. The molecule has 3 N–H and O–H groups in total. The Labute approximate surface area is 396 Å². The van der Waals surface area contributed by atoms with Crippen molar-refractivity contribution in [2.45, 2.75) is 302 Å². The number of rotatable bonds is 46. The molecule has 6 atom stereocenters. The molecule has 1 amide bonds. The van der Waals surface area contributed by atoms with Crippen molar-refractivity contribution in [3.63, 3.8) is 0 Å². The van der Waals surface area contributed by atoms with Crippen LogP contribution in [0.5, 0.6) is 0 Å². The molecule has 0 aromatic heterocycles. The van der Waals surface area contributed by atoms with Crippen molar-refractivity contribution in [1.29, 1.82) is 0 Å². The third-order valence-corrected chi connectivity index (χ3v) is 15.2. The molecule has 9 nitrogen and oxygen atoms in total. The van der Waals surface area contributed by atoms with Crippen molar-refractivity contribution in [3.8, 4) is 0 Å². The number of hydrogen-bond donors (Lipinski definition) is 3. The number of amides is 1. The van der Waals surface area contributed by atoms with Gasteiger partial charge in [0.1, 0.15) is 19.0 Å². The summed E-state index contributed by atoms with van der Waals surface area (Å²) in [6.07, 6.45) is 37.9. The van der Waals surface area contributed by atoms with Gasteiger partial charge in [-0.05, 0) is 31.2 Å². The van der Waals surface area contributed by atoms with E-state index in [0.29, 0.717) is 13.0 Å². The van der Waals surface area contributed by atoms with Crippen LogP contribution in [-0.2, 0) is 28.5 Å². The number of hydrogen-bond acceptors (Lipinski definition) is 8. The number of carbonyl (C=O) groups is 2. The summed E-state index contributed by atoms with van der Waals surface area (Å²) in [7, 11) is -1.23. The van der Waals surface area contributed by atoms with Crippen LogP contribution in [0.3, 0.4) is 0 Å². The fraction of sp³-hybridized carbons (Fsp3) is 0.963. The minimum absolute atomic E-state index is 0.0380. The first-order valence-corrected chi connectivity index (χ1v) is 31.3. The largest absolute Gasteiger partial charge is 0.457 e. The average molecular weight is 927 g/mol. The van der Waals surface area contributed by atoms with Crippen molar-refractivity contribution < 1.29 is 38.7 Å². The van der Waals surface area contributed by atoms with Gasteiger partial charge in [-0.15, -0.1) is 0 Å². The Bertz CT molecular complexity index is 1060. The minimum Gasteiger partial charge on any atom is -0.457 e. The van der Waals surface area contributed by atoms with Gasteiger partial charge in [0.15, 0.2) is 6.10 Å². The highest BCUT2D eigenvalue weighted by Crippen LogP contribution is 2.26. The molecular weight excluding hydrogens is 819 g/mol. The van der Waals surface area contributed by atoms with E-state index in [1.165, 1.54) is 167 Å². The number of ether oxygens (including phenoxy) is 4. The van der Waals surface area contributed by atoms with E-state index in [0.717, 1.165) is 51.0 Å². The molecule has 0 bridgehead atoms. The highest BCUT2D eigenvalue weighted by molar-refractivity contribution is 6.76. The summed E-state index contributed by atoms with van der Waals surface area (Å²) in [6.45, 7) is 14.2. The first-order chi connectivity index (χ1) is 31.0. The normalized spacial score (nSPS) is 18.9. The Balaban J connectivity index is 2.82. The summed E-state index contributed by atoms with van der Waals surface area (Å²) >= 11 is 0. The smallest absolute Gasteiger partial charge is 0.306 e. The first kappa shape index (κ1) is 61.0. The Morgan fingerprint density at radius 1 is 0.625 bits per heavy atom. The van der Waals surface area contributed by atoms with E-state index in [9.17, 15) is 19.8 Å². The second-order valence-corrected chi connectivity index (χ2v) is 26.6. The fourth-order valence-corrected chi connectivity index (χ4v) is 9.85. The van der Waals surface area contributed by atoms with E-state index in [-0.39, 0.29) is 43.7 Å². The molecule has 0 aromatic rings. The quantitative estimate of drug-likeness (QED) is 0.0239. The highest BCUT2D eigenvalue weighted by Gasteiger charge is 2.43. The monoisotopic (exact) mass is 926 g/mol. The summed E-state index contributed by atoms with van der Waals surface area (Å²) in [5, 5.41) is 24.4. The molecule has 0 saturated carbocycles. The van der Waals surface area contributed by atoms with Gasteiger partial charge in [-0.1, -0.05) is 233 Å². The van der Waals surface area contributed by atoms with Crippen LogP contribution >= 0.6 is 0 Å². The van der Waals surface area contributed by atoms with Crippen LogP contribution in [0.1, 0.15) is 245 Å². The van der Waals surface area contributed by atoms with Crippen LogP contribution in [0.2, 0.25) is 25.7 Å². The minimum atomic E-state index is -1.26. The van der Waals surface area contributed by atoms with Gasteiger partial charge in [0.2, 0.25) is 5.91 Å². The van der Waals surface area contributed by atoms with Gasteiger partial charge in [0.05, 0.1) is 31.8 Å². The lowest BCUT2D eigenvalue weighted by Gasteiger charge is -2.39. The van der Waals surface area contributed by atoms with Gasteiger partial charge in [0.25, 0.3) is 0 Å². The van der Waals surface area contributed by atoms with Gasteiger partial charge in [-0.2, -0.15) is 0 Å². The molecule has 0 aromatic carbocycles. The molecule has 0 spiro atoms. The van der Waals surface area contributed by atoms with E-state index in [4.69, 9.17) is 18.9 Å². The van der Waals surface area contributed by atoms with Gasteiger partial charge < -0.3 is 34.5 Å². The van der Waals surface area contributed by atoms with E-state index in [1.807, 2.05) is 0 Å². The van der Waals surface area contributed by atoms with Crippen LogP contribution in [0.4, 0.5) is 0 Å². The van der Waals surface area contributed by atoms with Crippen LogP contribution in [0.15, 0.2) is 0 Å². The molecule has 0 radical (unpaired) electrons. The molecule has 10 heteroatoms. The van der Waals surface area contributed by atoms with Crippen LogP contribution in [0, 0.1) is 5.92 Å². The molecule has 0 aliphatic carbocycles. The lowest BCUT2D eigenvalue weighted by Crippen LogP contribution is -2.61. The summed E-state index contributed by atoms with van der Waals surface area (Å²) < 4.78 is 23.9. The third-order valence-electron chi connectivity index (χ3n) is 13.5. The zero-order valence-electron chi connectivity index (χ0n) is 43.1. The zero-order valence-corrected chi connectivity index (χ0v) is 44.1. The average Bonchev–Trinajstić information content (AvgIpc) is 3.26. The molecule has 64 heavy (non-hydrogen) atoms. The number of nitrogens with one attached hydrogen (secondary N) is 1. The maximum atomic E-state index is 13.8. The van der Waals surface area contributed by atoms with Gasteiger partial charge in [-0.25, -0.2) is 0 Å². The lowest BCUT2D eigenvalue weighted by molar-refractivity contribution is -0.192. The Hall–Kier alpha value is -1.04. The fourth-order valence-electron chi connectivity index (χ4n) is 9.09. The summed E-state index contributed by atoms with van der Waals surface area (Å²) in [6, 6.07) is 0.320. The Morgan fingerprint density at radius 3 is 1.47 bits per heavy atom. The van der Waals surface area contributed by atoms with Gasteiger partial charge in [0, 0.05) is 21.1 Å². The molecule has 1 rings (SSSR count). The maximum Gasteiger partial charge on any atom is 0.306 e. The summed E-state index contributed by atoms with van der Waals surface area (Å²) in [4.78, 5) is 27.4. The number of esters is 1. The van der Waals surface area contributed by atoms with Crippen LogP contribution in [-0.4, -0.2) is 87.2 Å². The molecule has 1 unspecified atom stereocenters. The van der Waals surface area contributed by atoms with Crippen molar-refractivity contribution >= 4 is 20.0 Å². The third kappa shape index (κ3) is 35.1. The maximum absolute atomic E-state index is 13.8. The van der Waals surface area contributed by atoms with Gasteiger partial charge >= 0.3 is 5.97 Å². The second kappa shape index (κ2) is 42.1. The van der Waals surface area contributed by atoms with Gasteiger partial charge in [-0.3, -0.25) is 9.59 Å². The molecule has 1 fully saturated rings. The molecule has 1 aliphatic heterocycles. The Kier molecular flexibility index (Phi) is 40.1. The van der Waals surface area contributed by atoms with Crippen LogP contribution < -0.4 is 5.32 Å². The highest BCUT2D eigenvalue weighted by atomic mass is 28.3. The molecule has 1 saturated heterocycles. The standard InChI is InChI=1S/C54H107NO8Si/c1-7-10-13-16-19-22-23-24-27-29-32-35-38-47(37-34-31-28-25-20-17-14-11-8-2)42-52(58)63-54-49(45-61-50(44-56)53(54)59)55-51(57)43-48(62-46-60-40-41-64(4,5)6)39-36-33-30-26-21-18-15-12-9-3/h47-50,53-54,56,59H,7-46H2,1-6H3,(H,55,57)/t47?,48-,49+,50-,53-,54-/m1/s1. The van der Waals surface area contributed by atoms with E-state index in [1.54, 1.807) is 0 Å². The predicted molar refractivity (Wildman–Crippen MR) is 271 cm³/mol. The second-order valence-electron chi connectivity index (χ2n) is 21.0. The number of carbonyl (C=O) groups excluding carboxylic acids is 2. The first-order valence-electron chi connectivity index (χ1n) is 27.6. The molecule has 1 aliphatic rings. The predicted octanol–water partition coefficient (Wildman–Crippen LogP) is 14.2. The number of unbranched alkanes of at least 4 members (excludes halogenated alkanes) is 27. The number of aliphatic hydroxyl groups excluding tert-OH is 2. The molecule has 1 heterocycles. The van der Waals surface area contributed by atoms with E-state index >= 15 is 0 Å². The topological polar surface area (TPSA) is 124 Å². The van der Waals surface area contributed by atoms with E-state index < -0.39 is 39.0 Å². The zero-order chi connectivity index (χ0) is 46.9. The molecular formula is C54H107NO8Si. The number of aliphatic hydroxyl groups is 2. The van der Waals surface area contributed by atoms with Crippen LogP contribution in [0.25, 0.3) is 0 Å². The Morgan fingerprint density at radius 2 is 1.05 bits per heavy atom. The van der Waals surface area contributed by atoms with Crippen molar-refractivity contribution in [1.82, 2.24) is 5.32 Å². The summed E-state index contributed by atoms with van der Waals surface area (Å²) in [5.41, 5.74) is 0. The van der Waals surface area contributed by atoms with Crippen molar-refractivity contribution in [2.75, 3.05) is 26.6 Å². The SMILES string of the molecule is CCCCCCCCCCCCCCC(CCCCCCCCCCC)CC(=O)O[C@H]1[C@H](O)[C@@H](CO)OC[C@@H]1NC(=O)C[C@@H](CCCCCCCCCCC)OCOCC[Si](C)(C)C. The van der Waals surface area contributed by atoms with E-state index in [2.05, 4.69) is 45.7 Å². The van der Waals surface area contributed by atoms with Crippen molar-refractivity contribution in [3.05, 3.63) is 0 Å².